The third-order valence-corrected chi connectivity index (χ3v) is 1.05. The van der Waals surface area contributed by atoms with E-state index in [2.05, 4.69) is 6.58 Å². The molecular formula is C11H18O. The van der Waals surface area contributed by atoms with E-state index in [1.54, 1.807) is 18.2 Å². The first-order valence-electron chi connectivity index (χ1n) is 4.18. The van der Waals surface area contributed by atoms with E-state index < -0.39 is 0 Å². The Balaban J connectivity index is 0. The van der Waals surface area contributed by atoms with Gasteiger partial charge in [0.15, 0.2) is 5.78 Å². The van der Waals surface area contributed by atoms with Gasteiger partial charge in [-0.2, -0.15) is 0 Å². The summed E-state index contributed by atoms with van der Waals surface area (Å²) < 4.78 is 0. The Morgan fingerprint density at radius 3 is 2.08 bits per heavy atom. The van der Waals surface area contributed by atoms with Gasteiger partial charge < -0.3 is 0 Å². The lowest BCUT2D eigenvalue weighted by molar-refractivity contribution is -0.113. The highest BCUT2D eigenvalue weighted by Gasteiger charge is 1.94. The predicted octanol–water partition coefficient (Wildman–Crippen LogP) is 3.29. The average Bonchev–Trinajstić information content (AvgIpc) is 2.08. The van der Waals surface area contributed by atoms with Crippen LogP contribution in [-0.4, -0.2) is 5.78 Å². The van der Waals surface area contributed by atoms with Crippen LogP contribution >= 0.6 is 0 Å². The van der Waals surface area contributed by atoms with Crippen LogP contribution in [0, 0.1) is 0 Å². The molecule has 0 fully saturated rings. The summed E-state index contributed by atoms with van der Waals surface area (Å²) in [7, 11) is 0. The van der Waals surface area contributed by atoms with Crippen molar-refractivity contribution < 1.29 is 4.79 Å². The Kier molecular flexibility index (Phi) is 11.1. The summed E-state index contributed by atoms with van der Waals surface area (Å²) >= 11 is 0. The largest absolute Gasteiger partial charge is 0.295 e. The van der Waals surface area contributed by atoms with Crippen LogP contribution < -0.4 is 0 Å². The number of Topliss-reactive ketones (excluding diaryl/α,β-unsaturated/α-hetero) is 1. The first kappa shape index (κ1) is 13.5. The van der Waals surface area contributed by atoms with Crippen molar-refractivity contribution in [2.45, 2.75) is 27.7 Å². The number of hydrogen-bond donors (Lipinski definition) is 0. The molecule has 0 aromatic rings. The van der Waals surface area contributed by atoms with E-state index in [1.165, 1.54) is 6.92 Å². The zero-order valence-corrected chi connectivity index (χ0v) is 8.42. The van der Waals surface area contributed by atoms with Gasteiger partial charge in [0.05, 0.1) is 0 Å². The van der Waals surface area contributed by atoms with E-state index in [-0.39, 0.29) is 5.78 Å². The van der Waals surface area contributed by atoms with E-state index in [0.717, 1.165) is 0 Å². The summed E-state index contributed by atoms with van der Waals surface area (Å²) in [5.41, 5.74) is 0.692. The van der Waals surface area contributed by atoms with Gasteiger partial charge in [0.1, 0.15) is 0 Å². The third-order valence-electron chi connectivity index (χ3n) is 1.05. The van der Waals surface area contributed by atoms with Gasteiger partial charge in [-0.05, 0) is 13.8 Å². The van der Waals surface area contributed by atoms with Crippen molar-refractivity contribution in [3.63, 3.8) is 0 Å². The highest BCUT2D eigenvalue weighted by Crippen LogP contribution is 1.97. The summed E-state index contributed by atoms with van der Waals surface area (Å²) in [6, 6.07) is 0. The lowest BCUT2D eigenvalue weighted by Crippen LogP contribution is -1.91. The molecule has 0 spiro atoms. The summed E-state index contributed by atoms with van der Waals surface area (Å²) in [5, 5.41) is 0. The molecule has 0 bridgehead atoms. The highest BCUT2D eigenvalue weighted by molar-refractivity contribution is 5.96. The standard InChI is InChI=1S/C9H12O.C2H6/c1-4-6-9(7-5-2)8(3)10;1-2/h4-7H,1H2,2-3H3;1-2H3/b7-5-,9-6+;. The van der Waals surface area contributed by atoms with Crippen molar-refractivity contribution in [1.29, 1.82) is 0 Å². The minimum absolute atomic E-state index is 0.0676. The molecule has 0 aliphatic carbocycles. The number of carbonyl (C=O) groups is 1. The lowest BCUT2D eigenvalue weighted by Gasteiger charge is -1.90. The topological polar surface area (TPSA) is 17.1 Å². The minimum Gasteiger partial charge on any atom is -0.295 e. The van der Waals surface area contributed by atoms with Crippen molar-refractivity contribution in [3.05, 3.63) is 36.5 Å². The van der Waals surface area contributed by atoms with E-state index >= 15 is 0 Å². The quantitative estimate of drug-likeness (QED) is 0.464. The third kappa shape index (κ3) is 7.00. The Hall–Kier alpha value is -1.11. The van der Waals surface area contributed by atoms with Crippen molar-refractivity contribution >= 4 is 5.78 Å². The Labute approximate surface area is 75.5 Å². The summed E-state index contributed by atoms with van der Waals surface area (Å²) in [6.45, 7) is 10.9. The lowest BCUT2D eigenvalue weighted by atomic mass is 10.1. The molecule has 0 heterocycles. The second-order valence-electron chi connectivity index (χ2n) is 1.91. The molecule has 0 aliphatic rings. The van der Waals surface area contributed by atoms with Gasteiger partial charge in [0.2, 0.25) is 0 Å². The molecule has 0 aromatic carbocycles. The van der Waals surface area contributed by atoms with Gasteiger partial charge in [0, 0.05) is 5.57 Å². The van der Waals surface area contributed by atoms with E-state index in [9.17, 15) is 4.79 Å². The zero-order chi connectivity index (χ0) is 9.98. The molecule has 0 radical (unpaired) electrons. The Bertz CT molecular complexity index is 185. The molecule has 0 atom stereocenters. The Morgan fingerprint density at radius 1 is 1.33 bits per heavy atom. The van der Waals surface area contributed by atoms with Crippen LogP contribution in [-0.2, 0) is 4.79 Å². The first-order chi connectivity index (χ1) is 5.72. The number of ketones is 1. The molecule has 1 heteroatoms. The van der Waals surface area contributed by atoms with Gasteiger partial charge in [-0.15, -0.1) is 0 Å². The molecule has 1 nitrogen and oxygen atoms in total. The fraction of sp³-hybridized carbons (Fsp3) is 0.364. The monoisotopic (exact) mass is 166 g/mol. The number of carbonyl (C=O) groups excluding carboxylic acids is 1. The number of hydrogen-bond acceptors (Lipinski definition) is 1. The Morgan fingerprint density at radius 2 is 1.83 bits per heavy atom. The van der Waals surface area contributed by atoms with Crippen LogP contribution in [0.15, 0.2) is 36.5 Å². The fourth-order valence-electron chi connectivity index (χ4n) is 0.597. The molecule has 0 aliphatic heterocycles. The van der Waals surface area contributed by atoms with E-state index in [0.29, 0.717) is 5.57 Å². The van der Waals surface area contributed by atoms with Crippen LogP contribution in [0.5, 0.6) is 0 Å². The van der Waals surface area contributed by atoms with Gasteiger partial charge >= 0.3 is 0 Å². The van der Waals surface area contributed by atoms with E-state index in [1.807, 2.05) is 26.8 Å². The fourth-order valence-corrected chi connectivity index (χ4v) is 0.597. The molecule has 0 unspecified atom stereocenters. The minimum atomic E-state index is 0.0676. The highest BCUT2D eigenvalue weighted by atomic mass is 16.1. The zero-order valence-electron chi connectivity index (χ0n) is 8.42. The summed E-state index contributed by atoms with van der Waals surface area (Å²) in [5.74, 6) is 0.0676. The number of allylic oxidation sites excluding steroid dienone is 5. The van der Waals surface area contributed by atoms with Gasteiger partial charge in [-0.25, -0.2) is 0 Å². The summed E-state index contributed by atoms with van der Waals surface area (Å²) in [6.07, 6.45) is 6.90. The van der Waals surface area contributed by atoms with Crippen molar-refractivity contribution in [2.75, 3.05) is 0 Å². The second-order valence-corrected chi connectivity index (χ2v) is 1.91. The average molecular weight is 166 g/mol. The van der Waals surface area contributed by atoms with Crippen LogP contribution in [0.3, 0.4) is 0 Å². The molecule has 12 heavy (non-hydrogen) atoms. The molecular weight excluding hydrogens is 148 g/mol. The van der Waals surface area contributed by atoms with Gasteiger partial charge in [-0.3, -0.25) is 4.79 Å². The second kappa shape index (κ2) is 9.89. The van der Waals surface area contributed by atoms with E-state index in [4.69, 9.17) is 0 Å². The molecule has 0 amide bonds. The van der Waals surface area contributed by atoms with Crippen LogP contribution in [0.25, 0.3) is 0 Å². The van der Waals surface area contributed by atoms with Gasteiger partial charge in [-0.1, -0.05) is 44.7 Å². The first-order valence-corrected chi connectivity index (χ1v) is 4.18. The van der Waals surface area contributed by atoms with Crippen molar-refractivity contribution in [3.8, 4) is 0 Å². The molecule has 0 N–H and O–H groups in total. The SMILES string of the molecule is C=C/C=C(\C=C/C)C(C)=O.CC. The molecule has 0 rings (SSSR count). The van der Waals surface area contributed by atoms with Crippen LogP contribution in [0.1, 0.15) is 27.7 Å². The van der Waals surface area contributed by atoms with Crippen molar-refractivity contribution in [1.82, 2.24) is 0 Å². The normalized spacial score (nSPS) is 10.5. The predicted molar refractivity (Wildman–Crippen MR) is 55.1 cm³/mol. The molecule has 68 valence electrons. The maximum Gasteiger partial charge on any atom is 0.159 e. The maximum atomic E-state index is 10.8. The van der Waals surface area contributed by atoms with Crippen LogP contribution in [0.4, 0.5) is 0 Å². The smallest absolute Gasteiger partial charge is 0.159 e. The van der Waals surface area contributed by atoms with Gasteiger partial charge in [0.25, 0.3) is 0 Å². The molecule has 0 aromatic heterocycles. The van der Waals surface area contributed by atoms with Crippen LogP contribution in [0.2, 0.25) is 0 Å². The molecule has 0 saturated carbocycles. The van der Waals surface area contributed by atoms with Crippen molar-refractivity contribution in [2.24, 2.45) is 0 Å². The molecule has 0 saturated heterocycles. The number of rotatable bonds is 3. The summed E-state index contributed by atoms with van der Waals surface area (Å²) in [4.78, 5) is 10.8. The maximum absolute atomic E-state index is 10.8.